The summed E-state index contributed by atoms with van der Waals surface area (Å²) in [5, 5.41) is 0.349. The van der Waals surface area contributed by atoms with Crippen molar-refractivity contribution in [1.82, 2.24) is 4.31 Å². The second-order valence-electron chi connectivity index (χ2n) is 5.71. The molecule has 116 valence electrons. The van der Waals surface area contributed by atoms with Gasteiger partial charge < -0.3 is 0 Å². The van der Waals surface area contributed by atoms with Gasteiger partial charge in [0.15, 0.2) is 0 Å². The molecule has 1 aliphatic carbocycles. The summed E-state index contributed by atoms with van der Waals surface area (Å²) < 4.78 is 28.3. The lowest BCUT2D eigenvalue weighted by molar-refractivity contribution is 0.260. The molecule has 0 radical (unpaired) electrons. The van der Waals surface area contributed by atoms with Gasteiger partial charge in [0.05, 0.1) is 10.0 Å². The normalized spacial score (nSPS) is 26.8. The Bertz CT molecular complexity index is 642. The predicted octanol–water partition coefficient (Wildman–Crippen LogP) is 4.71. The average Bonchev–Trinajstić information content (AvgIpc) is 2.81. The molecule has 2 fully saturated rings. The van der Waals surface area contributed by atoms with Crippen molar-refractivity contribution in [2.24, 2.45) is 5.92 Å². The second-order valence-corrected chi connectivity index (χ2v) is 9.27. The summed E-state index contributed by atoms with van der Waals surface area (Å²) >= 11 is 15.6. The molecule has 21 heavy (non-hydrogen) atoms. The van der Waals surface area contributed by atoms with Crippen molar-refractivity contribution in [2.45, 2.75) is 43.0 Å². The molecule has 1 saturated heterocycles. The van der Waals surface area contributed by atoms with Crippen molar-refractivity contribution in [3.63, 3.8) is 0 Å². The molecule has 2 atom stereocenters. The Morgan fingerprint density at radius 2 is 1.71 bits per heavy atom. The molecule has 0 N–H and O–H groups in total. The van der Waals surface area contributed by atoms with Gasteiger partial charge in [0, 0.05) is 17.1 Å². The predicted molar refractivity (Wildman–Crippen MR) is 88.4 cm³/mol. The zero-order valence-corrected chi connectivity index (χ0v) is 15.3. The maximum atomic E-state index is 13.0. The van der Waals surface area contributed by atoms with Crippen molar-refractivity contribution < 1.29 is 8.42 Å². The smallest absolute Gasteiger partial charge is 0.207 e. The van der Waals surface area contributed by atoms with E-state index in [0.29, 0.717) is 16.9 Å². The number of sulfonamides is 1. The van der Waals surface area contributed by atoms with E-state index in [1.54, 1.807) is 16.4 Å². The number of rotatable bonds is 2. The van der Waals surface area contributed by atoms with Gasteiger partial charge in [-0.2, -0.15) is 4.31 Å². The maximum Gasteiger partial charge on any atom is 0.246 e. The van der Waals surface area contributed by atoms with Crippen LogP contribution in [-0.4, -0.2) is 25.3 Å². The van der Waals surface area contributed by atoms with Crippen molar-refractivity contribution in [2.75, 3.05) is 6.54 Å². The van der Waals surface area contributed by atoms with Crippen LogP contribution in [0.15, 0.2) is 21.5 Å². The number of benzene rings is 1. The number of hydrogen-bond donors (Lipinski definition) is 0. The highest BCUT2D eigenvalue weighted by Crippen LogP contribution is 2.42. The van der Waals surface area contributed by atoms with Crippen LogP contribution in [0.5, 0.6) is 0 Å². The van der Waals surface area contributed by atoms with E-state index >= 15 is 0 Å². The number of hydrogen-bond acceptors (Lipinski definition) is 2. The molecule has 2 aliphatic rings. The highest BCUT2D eigenvalue weighted by atomic mass is 79.9. The molecule has 3 nitrogen and oxygen atoms in total. The molecule has 1 aliphatic heterocycles. The minimum atomic E-state index is -3.64. The lowest BCUT2D eigenvalue weighted by Gasteiger charge is -2.31. The summed E-state index contributed by atoms with van der Waals surface area (Å²) in [5.74, 6) is 0.488. The topological polar surface area (TPSA) is 37.4 Å². The average molecular weight is 413 g/mol. The molecule has 2 unspecified atom stereocenters. The van der Waals surface area contributed by atoms with Gasteiger partial charge in [0.2, 0.25) is 10.0 Å². The lowest BCUT2D eigenvalue weighted by atomic mass is 9.86. The van der Waals surface area contributed by atoms with Gasteiger partial charge in [-0.25, -0.2) is 8.42 Å². The molecular formula is C14H16BrCl2NO2S. The Morgan fingerprint density at radius 3 is 2.38 bits per heavy atom. The van der Waals surface area contributed by atoms with Crippen molar-refractivity contribution in [3.8, 4) is 0 Å². The van der Waals surface area contributed by atoms with Gasteiger partial charge in [-0.15, -0.1) is 0 Å². The van der Waals surface area contributed by atoms with Gasteiger partial charge in [0.25, 0.3) is 0 Å². The van der Waals surface area contributed by atoms with Gasteiger partial charge in [0.1, 0.15) is 4.90 Å². The van der Waals surface area contributed by atoms with Crippen LogP contribution in [0.1, 0.15) is 32.1 Å². The van der Waals surface area contributed by atoms with Crippen LogP contribution in [0.2, 0.25) is 10.0 Å². The fourth-order valence-corrected chi connectivity index (χ4v) is 7.17. The molecule has 0 aromatic heterocycles. The minimum Gasteiger partial charge on any atom is -0.207 e. The first-order valence-electron chi connectivity index (χ1n) is 7.07. The van der Waals surface area contributed by atoms with Crippen molar-refractivity contribution in [3.05, 3.63) is 26.7 Å². The largest absolute Gasteiger partial charge is 0.246 e. The zero-order chi connectivity index (χ0) is 15.2. The molecule has 7 heteroatoms. The highest BCUT2D eigenvalue weighted by molar-refractivity contribution is 9.10. The minimum absolute atomic E-state index is 0.0419. The lowest BCUT2D eigenvalue weighted by Crippen LogP contribution is -2.39. The Kier molecular flexibility index (Phi) is 4.59. The number of fused-ring (bicyclic) bond motifs is 1. The Labute approximate surface area is 143 Å². The molecular weight excluding hydrogens is 397 g/mol. The molecule has 0 spiro atoms. The van der Waals surface area contributed by atoms with Crippen LogP contribution in [0.4, 0.5) is 0 Å². The van der Waals surface area contributed by atoms with E-state index in [4.69, 9.17) is 23.2 Å². The van der Waals surface area contributed by atoms with Crippen LogP contribution < -0.4 is 0 Å². The summed E-state index contributed by atoms with van der Waals surface area (Å²) in [6.07, 6.45) is 5.30. The van der Waals surface area contributed by atoms with E-state index in [9.17, 15) is 8.42 Å². The third-order valence-corrected chi connectivity index (χ3v) is 7.79. The zero-order valence-electron chi connectivity index (χ0n) is 11.4. The van der Waals surface area contributed by atoms with Crippen molar-refractivity contribution >= 4 is 49.2 Å². The molecule has 0 amide bonds. The van der Waals surface area contributed by atoms with Gasteiger partial charge in [-0.3, -0.25) is 0 Å². The van der Waals surface area contributed by atoms with Crippen molar-refractivity contribution in [1.29, 1.82) is 0 Å². The molecule has 3 rings (SSSR count). The molecule has 1 aromatic carbocycles. The molecule has 1 aromatic rings. The number of halogens is 3. The summed E-state index contributed by atoms with van der Waals surface area (Å²) in [7, 11) is -3.64. The molecule has 1 heterocycles. The fourth-order valence-electron chi connectivity index (χ4n) is 3.55. The van der Waals surface area contributed by atoms with Gasteiger partial charge in [-0.1, -0.05) is 52.0 Å². The fraction of sp³-hybridized carbons (Fsp3) is 0.571. The summed E-state index contributed by atoms with van der Waals surface area (Å²) in [5.41, 5.74) is 0. The molecule has 0 bridgehead atoms. The van der Waals surface area contributed by atoms with Crippen LogP contribution in [0, 0.1) is 5.92 Å². The third-order valence-electron chi connectivity index (χ3n) is 4.49. The van der Waals surface area contributed by atoms with E-state index in [1.165, 1.54) is 6.42 Å². The standard InChI is InChI=1S/C14H16BrCl2NO2S/c15-10-7-11(16)14(12(17)8-10)21(19,20)18-6-5-9-3-1-2-4-13(9)18/h7-9,13H,1-6H2. The van der Waals surface area contributed by atoms with E-state index in [1.807, 2.05) is 0 Å². The quantitative estimate of drug-likeness (QED) is 0.705. The van der Waals surface area contributed by atoms with Crippen LogP contribution in [0.3, 0.4) is 0 Å². The maximum absolute atomic E-state index is 13.0. The first-order valence-corrected chi connectivity index (χ1v) is 10.1. The van der Waals surface area contributed by atoms with Gasteiger partial charge in [-0.05, 0) is 37.3 Å². The molecule has 1 saturated carbocycles. The second kappa shape index (κ2) is 6.00. The summed E-state index contributed by atoms with van der Waals surface area (Å²) in [6.45, 7) is 0.570. The van der Waals surface area contributed by atoms with E-state index in [-0.39, 0.29) is 21.0 Å². The Hall–Kier alpha value is 0.190. The van der Waals surface area contributed by atoms with Gasteiger partial charge >= 0.3 is 0 Å². The highest BCUT2D eigenvalue weighted by Gasteiger charge is 2.43. The summed E-state index contributed by atoms with van der Waals surface area (Å²) in [6, 6.07) is 3.27. The van der Waals surface area contributed by atoms with E-state index in [0.717, 1.165) is 25.7 Å². The van der Waals surface area contributed by atoms with E-state index in [2.05, 4.69) is 15.9 Å². The SMILES string of the molecule is O=S(=O)(c1c(Cl)cc(Br)cc1Cl)N1CCC2CCCCC21. The summed E-state index contributed by atoms with van der Waals surface area (Å²) in [4.78, 5) is 0.0419. The van der Waals surface area contributed by atoms with Crippen LogP contribution in [0.25, 0.3) is 0 Å². The first-order chi connectivity index (χ1) is 9.91. The first kappa shape index (κ1) is 16.1. The number of nitrogens with zero attached hydrogens (tertiary/aromatic N) is 1. The Balaban J connectivity index is 2.01. The monoisotopic (exact) mass is 411 g/mol. The van der Waals surface area contributed by atoms with Crippen LogP contribution in [-0.2, 0) is 10.0 Å². The van der Waals surface area contributed by atoms with Crippen LogP contribution >= 0.6 is 39.1 Å². The third kappa shape index (κ3) is 2.88. The Morgan fingerprint density at radius 1 is 1.10 bits per heavy atom. The van der Waals surface area contributed by atoms with E-state index < -0.39 is 10.0 Å².